The van der Waals surface area contributed by atoms with Crippen LogP contribution < -0.4 is 34.7 Å². The van der Waals surface area contributed by atoms with Gasteiger partial charge < -0.3 is 10.2 Å². The summed E-state index contributed by atoms with van der Waals surface area (Å²) in [5.74, 6) is -0.836. The van der Waals surface area contributed by atoms with Crippen molar-refractivity contribution in [2.24, 2.45) is 10.2 Å². The zero-order chi connectivity index (χ0) is 21.2. The van der Waals surface area contributed by atoms with E-state index < -0.39 is 38.1 Å². The Morgan fingerprint density at radius 3 is 2.10 bits per heavy atom. The number of azo groups is 1. The van der Waals surface area contributed by atoms with Gasteiger partial charge in [0.05, 0.1) is 33.5 Å². The Balaban J connectivity index is 0.00000320. The molecule has 30 heavy (non-hydrogen) atoms. The number of sulfone groups is 1. The maximum Gasteiger partial charge on any atom is 1.00 e. The Morgan fingerprint density at radius 1 is 0.867 bits per heavy atom. The average molecular weight is 458 g/mol. The Bertz CT molecular complexity index is 1310. The molecule has 2 N–H and O–H groups in total. The first-order valence-electron chi connectivity index (χ1n) is 8.18. The number of aliphatic hydroxyl groups excluding tert-OH is 1. The minimum atomic E-state index is -4.39. The van der Waals surface area contributed by atoms with Gasteiger partial charge in [-0.3, -0.25) is 4.55 Å². The SMILES string of the molecule is O=S(=O)(O)c1ccc2c(N=Nc3ccc(S(=O)(=O)CCO)cc3)c([O-])ccc2c1.[Na+]. The standard InChI is InChI=1S/C18H16N2O7S2.Na/c21-9-10-28(23,24)14-4-2-13(3-5-14)19-20-18-16-7-6-15(29(25,26)27)11-12(16)1-8-17(18)22;/h1-8,11,21-22H,9-10H2,(H,25,26,27);/q;+1/p-1. The number of hydrogen-bond donors (Lipinski definition) is 2. The molecule has 3 rings (SSSR count). The summed E-state index contributed by atoms with van der Waals surface area (Å²) in [6.45, 7) is -0.490. The molecule has 0 spiro atoms. The molecular weight excluding hydrogens is 443 g/mol. The first-order valence-corrected chi connectivity index (χ1v) is 11.3. The number of fused-ring (bicyclic) bond motifs is 1. The number of aliphatic hydroxyl groups is 1. The van der Waals surface area contributed by atoms with Crippen LogP contribution in [0.25, 0.3) is 10.8 Å². The zero-order valence-electron chi connectivity index (χ0n) is 15.8. The van der Waals surface area contributed by atoms with Crippen molar-refractivity contribution in [2.75, 3.05) is 12.4 Å². The molecule has 0 aliphatic heterocycles. The van der Waals surface area contributed by atoms with Crippen molar-refractivity contribution in [2.45, 2.75) is 9.79 Å². The monoisotopic (exact) mass is 458 g/mol. The molecule has 0 unspecified atom stereocenters. The topological polar surface area (TPSA) is 157 Å². The number of rotatable bonds is 6. The fourth-order valence-electron chi connectivity index (χ4n) is 2.60. The Morgan fingerprint density at radius 2 is 1.50 bits per heavy atom. The summed E-state index contributed by atoms with van der Waals surface area (Å²) >= 11 is 0. The molecule has 0 aliphatic carbocycles. The molecule has 3 aromatic carbocycles. The van der Waals surface area contributed by atoms with Gasteiger partial charge in [0.2, 0.25) is 0 Å². The van der Waals surface area contributed by atoms with E-state index in [-0.39, 0.29) is 45.0 Å². The Labute approximate surface area is 195 Å². The zero-order valence-corrected chi connectivity index (χ0v) is 19.4. The van der Waals surface area contributed by atoms with Crippen LogP contribution in [0.2, 0.25) is 0 Å². The summed E-state index contributed by atoms with van der Waals surface area (Å²) in [5.41, 5.74) is 0.264. The molecule has 0 heterocycles. The van der Waals surface area contributed by atoms with Crippen LogP contribution in [0.1, 0.15) is 0 Å². The van der Waals surface area contributed by atoms with E-state index in [1.54, 1.807) is 0 Å². The predicted octanol–water partition coefficient (Wildman–Crippen LogP) is -0.655. The van der Waals surface area contributed by atoms with E-state index >= 15 is 0 Å². The van der Waals surface area contributed by atoms with Crippen molar-refractivity contribution in [1.29, 1.82) is 0 Å². The smallest absolute Gasteiger partial charge is 0.871 e. The summed E-state index contributed by atoms with van der Waals surface area (Å²) in [4.78, 5) is -0.288. The molecule has 0 amide bonds. The Hall–Kier alpha value is -1.86. The van der Waals surface area contributed by atoms with Gasteiger partial charge >= 0.3 is 29.6 Å². The summed E-state index contributed by atoms with van der Waals surface area (Å²) in [6, 6.07) is 11.8. The maximum absolute atomic E-state index is 12.2. The van der Waals surface area contributed by atoms with E-state index in [9.17, 15) is 21.9 Å². The number of nitrogens with zero attached hydrogens (tertiary/aromatic N) is 2. The van der Waals surface area contributed by atoms with Crippen molar-refractivity contribution < 1.29 is 61.2 Å². The van der Waals surface area contributed by atoms with Crippen LogP contribution in [-0.4, -0.2) is 38.9 Å². The van der Waals surface area contributed by atoms with Gasteiger partial charge in [-0.25, -0.2) is 8.42 Å². The van der Waals surface area contributed by atoms with Crippen LogP contribution in [0.5, 0.6) is 5.75 Å². The third-order valence-electron chi connectivity index (χ3n) is 4.04. The summed E-state index contributed by atoms with van der Waals surface area (Å²) in [7, 11) is -7.98. The van der Waals surface area contributed by atoms with E-state index in [0.717, 1.165) is 6.07 Å². The normalized spacial score (nSPS) is 12.2. The van der Waals surface area contributed by atoms with Gasteiger partial charge in [-0.05, 0) is 41.8 Å². The van der Waals surface area contributed by atoms with Gasteiger partial charge in [0.15, 0.2) is 9.84 Å². The predicted molar refractivity (Wildman–Crippen MR) is 103 cm³/mol. The minimum absolute atomic E-state index is 0. The van der Waals surface area contributed by atoms with E-state index in [4.69, 9.17) is 9.66 Å². The second kappa shape index (κ2) is 9.52. The largest absolute Gasteiger partial charge is 1.00 e. The first kappa shape index (κ1) is 24.4. The molecule has 0 saturated carbocycles. The second-order valence-corrected chi connectivity index (χ2v) is 9.54. The maximum atomic E-state index is 12.2. The van der Waals surface area contributed by atoms with Gasteiger partial charge in [0.1, 0.15) is 0 Å². The van der Waals surface area contributed by atoms with Gasteiger partial charge in [-0.15, -0.1) is 0 Å². The molecule has 3 aromatic rings. The minimum Gasteiger partial charge on any atom is -0.871 e. The molecular formula is C18H15N2NaO7S2. The molecule has 0 aromatic heterocycles. The average Bonchev–Trinajstić information content (AvgIpc) is 2.66. The summed E-state index contributed by atoms with van der Waals surface area (Å²) in [6.07, 6.45) is 0. The van der Waals surface area contributed by atoms with Crippen LogP contribution in [-0.2, 0) is 20.0 Å². The fourth-order valence-corrected chi connectivity index (χ4v) is 4.14. The molecule has 9 nitrogen and oxygen atoms in total. The first-order chi connectivity index (χ1) is 13.6. The molecule has 0 fully saturated rings. The molecule has 0 bridgehead atoms. The van der Waals surface area contributed by atoms with Crippen LogP contribution in [0.15, 0.2) is 74.6 Å². The van der Waals surface area contributed by atoms with Gasteiger partial charge in [-0.2, -0.15) is 18.6 Å². The quantitative estimate of drug-likeness (QED) is 0.282. The van der Waals surface area contributed by atoms with Crippen molar-refractivity contribution in [1.82, 2.24) is 0 Å². The van der Waals surface area contributed by atoms with Gasteiger partial charge in [-0.1, -0.05) is 23.9 Å². The third-order valence-corrected chi connectivity index (χ3v) is 6.61. The third kappa shape index (κ3) is 5.43. The van der Waals surface area contributed by atoms with E-state index in [1.165, 1.54) is 48.5 Å². The number of hydrogen-bond acceptors (Lipinski definition) is 8. The van der Waals surface area contributed by atoms with Crippen molar-refractivity contribution >= 4 is 42.1 Å². The van der Waals surface area contributed by atoms with Crippen LogP contribution >= 0.6 is 0 Å². The van der Waals surface area contributed by atoms with Crippen molar-refractivity contribution in [3.63, 3.8) is 0 Å². The van der Waals surface area contributed by atoms with E-state index in [1.807, 2.05) is 0 Å². The van der Waals surface area contributed by atoms with E-state index in [2.05, 4.69) is 10.2 Å². The molecule has 0 aliphatic rings. The van der Waals surface area contributed by atoms with Gasteiger partial charge in [0, 0.05) is 5.39 Å². The van der Waals surface area contributed by atoms with Crippen molar-refractivity contribution in [3.8, 4) is 5.75 Å². The summed E-state index contributed by atoms with van der Waals surface area (Å²) in [5, 5.41) is 29.6. The molecule has 12 heteroatoms. The Kier molecular flexibility index (Phi) is 7.74. The molecule has 152 valence electrons. The number of benzene rings is 3. The fraction of sp³-hybridized carbons (Fsp3) is 0.111. The second-order valence-electron chi connectivity index (χ2n) is 6.01. The summed E-state index contributed by atoms with van der Waals surface area (Å²) < 4.78 is 55.5. The van der Waals surface area contributed by atoms with Crippen molar-refractivity contribution in [3.05, 3.63) is 54.6 Å². The molecule has 0 radical (unpaired) electrons. The molecule has 0 atom stereocenters. The molecule has 0 saturated heterocycles. The van der Waals surface area contributed by atoms with Gasteiger partial charge in [0.25, 0.3) is 10.1 Å². The van der Waals surface area contributed by atoms with Crippen LogP contribution in [0, 0.1) is 0 Å². The van der Waals surface area contributed by atoms with Crippen LogP contribution in [0.3, 0.4) is 0 Å². The van der Waals surface area contributed by atoms with E-state index in [0.29, 0.717) is 16.5 Å². The van der Waals surface area contributed by atoms with Crippen LogP contribution in [0.4, 0.5) is 11.4 Å².